The van der Waals surface area contributed by atoms with Crippen LogP contribution in [-0.4, -0.2) is 53.6 Å². The number of benzene rings is 1. The lowest BCUT2D eigenvalue weighted by Crippen LogP contribution is -2.41. The highest BCUT2D eigenvalue weighted by Crippen LogP contribution is 2.44. The van der Waals surface area contributed by atoms with Crippen molar-refractivity contribution in [1.29, 1.82) is 0 Å². The van der Waals surface area contributed by atoms with E-state index in [0.717, 1.165) is 4.31 Å². The quantitative estimate of drug-likeness (QED) is 0.795. The van der Waals surface area contributed by atoms with Gasteiger partial charge in [-0.05, 0) is 32.4 Å². The molecule has 0 bridgehead atoms. The molecular formula is C17H24N2O5S. The zero-order valence-corrected chi connectivity index (χ0v) is 16.2. The Hall–Kier alpha value is -2.22. The number of likely N-dealkylation sites (N-methyl/N-ethyl adjacent to an activating group) is 1. The predicted octanol–water partition coefficient (Wildman–Crippen LogP) is 2.08. The Morgan fingerprint density at radius 3 is 2.12 bits per heavy atom. The van der Waals surface area contributed by atoms with Crippen LogP contribution in [0.4, 0.5) is 5.69 Å². The van der Waals surface area contributed by atoms with Crippen LogP contribution < -0.4 is 13.8 Å². The molecule has 8 heteroatoms. The predicted molar refractivity (Wildman–Crippen MR) is 97.4 cm³/mol. The number of carbonyl (C=O) groups is 1. The van der Waals surface area contributed by atoms with Crippen molar-refractivity contribution in [2.75, 3.05) is 38.7 Å². The van der Waals surface area contributed by atoms with E-state index in [1.807, 2.05) is 13.8 Å². The van der Waals surface area contributed by atoms with Gasteiger partial charge in [-0.15, -0.1) is 0 Å². The van der Waals surface area contributed by atoms with Gasteiger partial charge in [0.05, 0.1) is 19.9 Å². The van der Waals surface area contributed by atoms with Gasteiger partial charge in [0.25, 0.3) is 15.9 Å². The molecule has 1 aromatic rings. The SMILES string of the molecule is CCN(CC)C(=O)C1=C(C)c2cc(OC)c(OC)cc2N(C)S1(=O)=O. The number of methoxy groups -OCH3 is 2. The number of anilines is 1. The summed E-state index contributed by atoms with van der Waals surface area (Å²) in [4.78, 5) is 14.1. The Kier molecular flexibility index (Phi) is 5.31. The number of allylic oxidation sites excluding steroid dienone is 1. The number of sulfonamides is 1. The normalized spacial score (nSPS) is 15.7. The molecule has 2 rings (SSSR count). The molecule has 0 unspecified atom stereocenters. The van der Waals surface area contributed by atoms with Gasteiger partial charge in [0.15, 0.2) is 16.4 Å². The van der Waals surface area contributed by atoms with E-state index < -0.39 is 15.9 Å². The molecule has 0 spiro atoms. The number of nitrogens with zero attached hydrogens (tertiary/aromatic N) is 2. The Labute approximate surface area is 148 Å². The molecule has 25 heavy (non-hydrogen) atoms. The molecule has 0 aromatic heterocycles. The fraction of sp³-hybridized carbons (Fsp3) is 0.471. The standard InChI is InChI=1S/C17H24N2O5S/c1-7-19(8-2)17(20)16-11(3)12-9-14(23-5)15(24-6)10-13(12)18(4)25(16,21)22/h9-10H,7-8H2,1-6H3. The maximum Gasteiger partial charge on any atom is 0.269 e. The summed E-state index contributed by atoms with van der Waals surface area (Å²) in [7, 11) is 0.478. The van der Waals surface area contributed by atoms with Crippen LogP contribution in [0.15, 0.2) is 17.0 Å². The van der Waals surface area contributed by atoms with Gasteiger partial charge in [-0.3, -0.25) is 9.10 Å². The molecular weight excluding hydrogens is 344 g/mol. The second-order valence-electron chi connectivity index (χ2n) is 5.63. The van der Waals surface area contributed by atoms with Crippen molar-refractivity contribution >= 4 is 27.2 Å². The van der Waals surface area contributed by atoms with Crippen LogP contribution >= 0.6 is 0 Å². The van der Waals surface area contributed by atoms with E-state index >= 15 is 0 Å². The second kappa shape index (κ2) is 6.95. The van der Waals surface area contributed by atoms with Gasteiger partial charge in [-0.2, -0.15) is 0 Å². The summed E-state index contributed by atoms with van der Waals surface area (Å²) in [6.07, 6.45) is 0. The van der Waals surface area contributed by atoms with Crippen LogP contribution in [-0.2, 0) is 14.8 Å². The molecule has 0 N–H and O–H groups in total. The number of rotatable bonds is 5. The van der Waals surface area contributed by atoms with Crippen molar-refractivity contribution < 1.29 is 22.7 Å². The number of ether oxygens (including phenoxy) is 2. The summed E-state index contributed by atoms with van der Waals surface area (Å²) >= 11 is 0. The third kappa shape index (κ3) is 2.95. The molecule has 0 fully saturated rings. The number of carbonyl (C=O) groups excluding carboxylic acids is 1. The number of hydrogen-bond donors (Lipinski definition) is 0. The fourth-order valence-electron chi connectivity index (χ4n) is 2.94. The van der Waals surface area contributed by atoms with E-state index in [-0.39, 0.29) is 4.91 Å². The van der Waals surface area contributed by atoms with E-state index in [1.54, 1.807) is 19.1 Å². The smallest absolute Gasteiger partial charge is 0.269 e. The highest BCUT2D eigenvalue weighted by molar-refractivity contribution is 7.97. The van der Waals surface area contributed by atoms with E-state index in [9.17, 15) is 13.2 Å². The Balaban J connectivity index is 2.79. The minimum atomic E-state index is -3.95. The third-order valence-electron chi connectivity index (χ3n) is 4.45. The lowest BCUT2D eigenvalue weighted by molar-refractivity contribution is -0.126. The largest absolute Gasteiger partial charge is 0.493 e. The Morgan fingerprint density at radius 1 is 1.12 bits per heavy atom. The molecule has 7 nitrogen and oxygen atoms in total. The summed E-state index contributed by atoms with van der Waals surface area (Å²) in [6, 6.07) is 3.30. The van der Waals surface area contributed by atoms with Crippen LogP contribution in [0, 0.1) is 0 Å². The first-order chi connectivity index (χ1) is 11.7. The van der Waals surface area contributed by atoms with Gasteiger partial charge in [0, 0.05) is 31.8 Å². The van der Waals surface area contributed by atoms with E-state index in [2.05, 4.69) is 0 Å². The van der Waals surface area contributed by atoms with E-state index in [1.165, 1.54) is 26.2 Å². The summed E-state index contributed by atoms with van der Waals surface area (Å²) < 4.78 is 37.6. The van der Waals surface area contributed by atoms with Crippen molar-refractivity contribution in [3.8, 4) is 11.5 Å². The average molecular weight is 368 g/mol. The van der Waals surface area contributed by atoms with Gasteiger partial charge in [-0.25, -0.2) is 8.42 Å². The van der Waals surface area contributed by atoms with Crippen molar-refractivity contribution in [2.24, 2.45) is 0 Å². The Bertz CT molecular complexity index is 826. The molecule has 0 saturated carbocycles. The summed E-state index contributed by atoms with van der Waals surface area (Å²) in [5, 5.41) is 0. The van der Waals surface area contributed by atoms with E-state index in [0.29, 0.717) is 41.4 Å². The number of hydrogen-bond acceptors (Lipinski definition) is 5. The fourth-order valence-corrected chi connectivity index (χ4v) is 4.47. The zero-order valence-electron chi connectivity index (χ0n) is 15.4. The van der Waals surface area contributed by atoms with Crippen LogP contribution in [0.2, 0.25) is 0 Å². The molecule has 0 radical (unpaired) electrons. The number of amides is 1. The molecule has 1 heterocycles. The van der Waals surface area contributed by atoms with Crippen molar-refractivity contribution in [1.82, 2.24) is 4.90 Å². The van der Waals surface area contributed by atoms with Gasteiger partial charge >= 0.3 is 0 Å². The van der Waals surface area contributed by atoms with Crippen LogP contribution in [0.3, 0.4) is 0 Å². The van der Waals surface area contributed by atoms with Gasteiger partial charge in [-0.1, -0.05) is 0 Å². The maximum atomic E-state index is 13.0. The molecule has 1 aliphatic heterocycles. The van der Waals surface area contributed by atoms with Crippen LogP contribution in [0.25, 0.3) is 5.57 Å². The first kappa shape index (κ1) is 19.1. The third-order valence-corrected chi connectivity index (χ3v) is 6.36. The molecule has 0 atom stereocenters. The highest BCUT2D eigenvalue weighted by atomic mass is 32.2. The molecule has 138 valence electrons. The first-order valence-electron chi connectivity index (χ1n) is 7.99. The van der Waals surface area contributed by atoms with Crippen molar-refractivity contribution in [3.63, 3.8) is 0 Å². The molecule has 0 aliphatic carbocycles. The first-order valence-corrected chi connectivity index (χ1v) is 9.43. The molecule has 0 saturated heterocycles. The minimum absolute atomic E-state index is 0.196. The Morgan fingerprint density at radius 2 is 1.64 bits per heavy atom. The molecule has 1 aromatic carbocycles. The summed E-state index contributed by atoms with van der Waals surface area (Å²) in [5.74, 6) is 0.410. The summed E-state index contributed by atoms with van der Waals surface area (Å²) in [6.45, 7) is 6.15. The van der Waals surface area contributed by atoms with E-state index in [4.69, 9.17) is 9.47 Å². The average Bonchev–Trinajstić information content (AvgIpc) is 2.59. The number of fused-ring (bicyclic) bond motifs is 1. The topological polar surface area (TPSA) is 76.2 Å². The van der Waals surface area contributed by atoms with Crippen molar-refractivity contribution in [3.05, 3.63) is 22.6 Å². The van der Waals surface area contributed by atoms with Crippen LogP contribution in [0.5, 0.6) is 11.5 Å². The van der Waals surface area contributed by atoms with Gasteiger partial charge in [0.2, 0.25) is 0 Å². The van der Waals surface area contributed by atoms with Crippen LogP contribution in [0.1, 0.15) is 26.3 Å². The second-order valence-corrected chi connectivity index (χ2v) is 7.53. The lowest BCUT2D eigenvalue weighted by Gasteiger charge is -2.32. The maximum absolute atomic E-state index is 13.0. The monoisotopic (exact) mass is 368 g/mol. The highest BCUT2D eigenvalue weighted by Gasteiger charge is 2.39. The van der Waals surface area contributed by atoms with Crippen molar-refractivity contribution in [2.45, 2.75) is 20.8 Å². The lowest BCUT2D eigenvalue weighted by atomic mass is 10.0. The van der Waals surface area contributed by atoms with Gasteiger partial charge < -0.3 is 14.4 Å². The molecule has 1 aliphatic rings. The zero-order chi connectivity index (χ0) is 18.9. The summed E-state index contributed by atoms with van der Waals surface area (Å²) in [5.41, 5.74) is 1.49. The van der Waals surface area contributed by atoms with Gasteiger partial charge in [0.1, 0.15) is 0 Å². The molecule has 1 amide bonds. The minimum Gasteiger partial charge on any atom is -0.493 e.